The van der Waals surface area contributed by atoms with E-state index >= 15 is 0 Å². The van der Waals surface area contributed by atoms with Crippen LogP contribution in [0.2, 0.25) is 0 Å². The van der Waals surface area contributed by atoms with Gasteiger partial charge in [-0.1, -0.05) is 30.3 Å². The average Bonchev–Trinajstić information content (AvgIpc) is 2.28. The monoisotopic (exact) mass is 244 g/mol. The second kappa shape index (κ2) is 5.06. The van der Waals surface area contributed by atoms with Crippen molar-refractivity contribution in [3.05, 3.63) is 35.9 Å². The minimum atomic E-state index is -4.11. The quantitative estimate of drug-likeness (QED) is 0.858. The number of rotatable bonds is 2. The van der Waals surface area contributed by atoms with E-state index in [1.54, 1.807) is 0 Å². The number of hydrogen-bond donors (Lipinski definition) is 1. The van der Waals surface area contributed by atoms with Gasteiger partial charge in [0, 0.05) is 25.7 Å². The van der Waals surface area contributed by atoms with E-state index < -0.39 is 12.7 Å². The Labute approximate surface area is 98.4 Å². The van der Waals surface area contributed by atoms with Crippen molar-refractivity contribution in [1.29, 1.82) is 0 Å². The molecule has 1 aromatic rings. The molecule has 17 heavy (non-hydrogen) atoms. The van der Waals surface area contributed by atoms with Gasteiger partial charge in [-0.3, -0.25) is 4.90 Å². The van der Waals surface area contributed by atoms with Gasteiger partial charge in [-0.05, 0) is 5.56 Å². The van der Waals surface area contributed by atoms with Gasteiger partial charge in [0.15, 0.2) is 0 Å². The van der Waals surface area contributed by atoms with Crippen LogP contribution in [0.15, 0.2) is 30.3 Å². The van der Waals surface area contributed by atoms with E-state index in [0.29, 0.717) is 19.6 Å². The molecule has 1 atom stereocenters. The second-order valence-corrected chi connectivity index (χ2v) is 4.27. The van der Waals surface area contributed by atoms with Crippen molar-refractivity contribution in [3.8, 4) is 0 Å². The highest BCUT2D eigenvalue weighted by molar-refractivity contribution is 5.19. The van der Waals surface area contributed by atoms with Gasteiger partial charge in [-0.2, -0.15) is 13.2 Å². The maximum absolute atomic E-state index is 12.3. The maximum Gasteiger partial charge on any atom is 0.401 e. The Morgan fingerprint density at radius 3 is 2.59 bits per heavy atom. The third kappa shape index (κ3) is 3.71. The van der Waals surface area contributed by atoms with Crippen LogP contribution >= 0.6 is 0 Å². The number of piperazine rings is 1. The molecule has 1 saturated heterocycles. The zero-order valence-corrected chi connectivity index (χ0v) is 9.37. The molecule has 0 aliphatic carbocycles. The van der Waals surface area contributed by atoms with Crippen molar-refractivity contribution < 1.29 is 13.2 Å². The molecule has 0 amide bonds. The fourth-order valence-electron chi connectivity index (χ4n) is 2.12. The molecule has 1 heterocycles. The van der Waals surface area contributed by atoms with E-state index in [1.807, 2.05) is 30.3 Å². The molecule has 0 aromatic heterocycles. The molecule has 1 N–H and O–H groups in total. The molecule has 2 rings (SSSR count). The van der Waals surface area contributed by atoms with Gasteiger partial charge in [-0.15, -0.1) is 0 Å². The van der Waals surface area contributed by atoms with Crippen molar-refractivity contribution in [2.24, 2.45) is 0 Å². The summed E-state index contributed by atoms with van der Waals surface area (Å²) in [5.41, 5.74) is 1.04. The number of alkyl halides is 3. The maximum atomic E-state index is 12.3. The van der Waals surface area contributed by atoms with E-state index in [-0.39, 0.29) is 6.04 Å². The third-order valence-corrected chi connectivity index (χ3v) is 2.86. The van der Waals surface area contributed by atoms with E-state index in [9.17, 15) is 13.2 Å². The average molecular weight is 244 g/mol. The SMILES string of the molecule is FC(F)(F)CN1CCN[C@H](c2ccccc2)C1. The van der Waals surface area contributed by atoms with E-state index in [4.69, 9.17) is 0 Å². The minimum Gasteiger partial charge on any atom is -0.308 e. The molecule has 0 radical (unpaired) electrons. The Hall–Kier alpha value is -1.07. The summed E-state index contributed by atoms with van der Waals surface area (Å²) < 4.78 is 36.9. The summed E-state index contributed by atoms with van der Waals surface area (Å²) in [6.45, 7) is 0.625. The van der Waals surface area contributed by atoms with E-state index in [1.165, 1.54) is 4.90 Å². The summed E-state index contributed by atoms with van der Waals surface area (Å²) >= 11 is 0. The van der Waals surface area contributed by atoms with Gasteiger partial charge in [-0.25, -0.2) is 0 Å². The second-order valence-electron chi connectivity index (χ2n) is 4.27. The van der Waals surface area contributed by atoms with Crippen LogP contribution in [-0.4, -0.2) is 37.3 Å². The van der Waals surface area contributed by atoms with Crippen molar-refractivity contribution in [1.82, 2.24) is 10.2 Å². The Kier molecular flexibility index (Phi) is 3.69. The zero-order valence-electron chi connectivity index (χ0n) is 9.37. The first-order chi connectivity index (χ1) is 8.04. The molecule has 1 aromatic carbocycles. The summed E-state index contributed by atoms with van der Waals surface area (Å²) in [4.78, 5) is 1.45. The molecule has 1 aliphatic rings. The highest BCUT2D eigenvalue weighted by Crippen LogP contribution is 2.21. The lowest BCUT2D eigenvalue weighted by molar-refractivity contribution is -0.148. The molecule has 2 nitrogen and oxygen atoms in total. The van der Waals surface area contributed by atoms with Gasteiger partial charge < -0.3 is 5.32 Å². The van der Waals surface area contributed by atoms with Gasteiger partial charge in [0.2, 0.25) is 0 Å². The first-order valence-electron chi connectivity index (χ1n) is 5.62. The topological polar surface area (TPSA) is 15.3 Å². The Morgan fingerprint density at radius 1 is 1.24 bits per heavy atom. The number of halogens is 3. The smallest absolute Gasteiger partial charge is 0.308 e. The predicted octanol–water partition coefficient (Wildman–Crippen LogP) is 2.20. The van der Waals surface area contributed by atoms with Crippen LogP contribution in [0.3, 0.4) is 0 Å². The number of benzene rings is 1. The zero-order chi connectivity index (χ0) is 12.3. The van der Waals surface area contributed by atoms with Crippen molar-refractivity contribution >= 4 is 0 Å². The van der Waals surface area contributed by atoms with Crippen LogP contribution in [-0.2, 0) is 0 Å². The summed E-state index contributed by atoms with van der Waals surface area (Å²) in [6, 6.07) is 9.58. The molecule has 0 spiro atoms. The normalized spacial score (nSPS) is 22.6. The summed E-state index contributed by atoms with van der Waals surface area (Å²) in [7, 11) is 0. The van der Waals surface area contributed by atoms with Crippen LogP contribution in [0.5, 0.6) is 0 Å². The first-order valence-corrected chi connectivity index (χ1v) is 5.62. The first kappa shape index (κ1) is 12.4. The van der Waals surface area contributed by atoms with Gasteiger partial charge in [0.25, 0.3) is 0 Å². The summed E-state index contributed by atoms with van der Waals surface area (Å²) in [5.74, 6) is 0. The highest BCUT2D eigenvalue weighted by atomic mass is 19.4. The van der Waals surface area contributed by atoms with Crippen molar-refractivity contribution in [3.63, 3.8) is 0 Å². The molecule has 0 unspecified atom stereocenters. The van der Waals surface area contributed by atoms with Crippen molar-refractivity contribution in [2.75, 3.05) is 26.2 Å². The van der Waals surface area contributed by atoms with Crippen LogP contribution in [0.25, 0.3) is 0 Å². The summed E-state index contributed by atoms with van der Waals surface area (Å²) in [5, 5.41) is 3.24. The molecule has 1 aliphatic heterocycles. The van der Waals surface area contributed by atoms with Crippen LogP contribution in [0.1, 0.15) is 11.6 Å². The predicted molar refractivity (Wildman–Crippen MR) is 59.7 cm³/mol. The molecule has 1 fully saturated rings. The molecule has 0 bridgehead atoms. The lowest BCUT2D eigenvalue weighted by Gasteiger charge is -2.34. The fraction of sp³-hybridized carbons (Fsp3) is 0.500. The molecular formula is C12H15F3N2. The molecule has 5 heteroatoms. The van der Waals surface area contributed by atoms with Crippen LogP contribution in [0, 0.1) is 0 Å². The van der Waals surface area contributed by atoms with Crippen molar-refractivity contribution in [2.45, 2.75) is 12.2 Å². The lowest BCUT2D eigenvalue weighted by Crippen LogP contribution is -2.48. The van der Waals surface area contributed by atoms with Gasteiger partial charge >= 0.3 is 6.18 Å². The highest BCUT2D eigenvalue weighted by Gasteiger charge is 2.33. The number of hydrogen-bond acceptors (Lipinski definition) is 2. The fourth-order valence-corrected chi connectivity index (χ4v) is 2.12. The lowest BCUT2D eigenvalue weighted by atomic mass is 10.0. The number of nitrogens with one attached hydrogen (secondary N) is 1. The summed E-state index contributed by atoms with van der Waals surface area (Å²) in [6.07, 6.45) is -4.11. The minimum absolute atomic E-state index is 0.00713. The Balaban J connectivity index is 1.98. The molecule has 0 saturated carbocycles. The number of nitrogens with zero attached hydrogens (tertiary/aromatic N) is 1. The van der Waals surface area contributed by atoms with Gasteiger partial charge in [0.05, 0.1) is 6.54 Å². The Morgan fingerprint density at radius 2 is 1.94 bits per heavy atom. The molecule has 94 valence electrons. The van der Waals surface area contributed by atoms with Crippen LogP contribution < -0.4 is 5.32 Å². The van der Waals surface area contributed by atoms with Crippen LogP contribution in [0.4, 0.5) is 13.2 Å². The Bertz CT molecular complexity index is 351. The van der Waals surface area contributed by atoms with E-state index in [2.05, 4.69) is 5.32 Å². The third-order valence-electron chi connectivity index (χ3n) is 2.86. The largest absolute Gasteiger partial charge is 0.401 e. The van der Waals surface area contributed by atoms with Gasteiger partial charge in [0.1, 0.15) is 0 Å². The standard InChI is InChI=1S/C12H15F3N2/c13-12(14,15)9-17-7-6-16-11(8-17)10-4-2-1-3-5-10/h1-5,11,16H,6-9H2/t11-/m0/s1. The molecular weight excluding hydrogens is 229 g/mol. The van der Waals surface area contributed by atoms with E-state index in [0.717, 1.165) is 5.56 Å².